The highest BCUT2D eigenvalue weighted by atomic mass is 35.5. The van der Waals surface area contributed by atoms with Crippen molar-refractivity contribution in [3.8, 4) is 5.88 Å². The molecule has 1 aliphatic rings. The third-order valence-electron chi connectivity index (χ3n) is 3.43. The molecule has 0 atom stereocenters. The van der Waals surface area contributed by atoms with Crippen molar-refractivity contribution in [3.63, 3.8) is 0 Å². The van der Waals surface area contributed by atoms with Crippen LogP contribution in [-0.4, -0.2) is 21.6 Å². The van der Waals surface area contributed by atoms with E-state index < -0.39 is 0 Å². The van der Waals surface area contributed by atoms with Crippen LogP contribution < -0.4 is 4.74 Å². The Labute approximate surface area is 111 Å². The molecule has 1 fully saturated rings. The maximum absolute atomic E-state index is 5.97. The Kier molecular flexibility index (Phi) is 3.12. The molecular weight excluding hydrogens is 250 g/mol. The Bertz CT molecular complexity index is 563. The van der Waals surface area contributed by atoms with Gasteiger partial charge in [-0.1, -0.05) is 12.8 Å². The lowest BCUT2D eigenvalue weighted by Crippen LogP contribution is -2.04. The summed E-state index contributed by atoms with van der Waals surface area (Å²) in [5, 5.41) is 0. The molecular formula is C13H16ClN3O. The Morgan fingerprint density at radius 1 is 1.39 bits per heavy atom. The van der Waals surface area contributed by atoms with Gasteiger partial charge in [-0.15, -0.1) is 11.6 Å². The summed E-state index contributed by atoms with van der Waals surface area (Å²) in [5.74, 6) is 2.82. The van der Waals surface area contributed by atoms with E-state index >= 15 is 0 Å². The number of ether oxygens (including phenoxy) is 1. The summed E-state index contributed by atoms with van der Waals surface area (Å²) in [6.07, 6.45) is 3.91. The average Bonchev–Trinajstić information content (AvgIpc) is 3.16. The van der Waals surface area contributed by atoms with E-state index in [-0.39, 0.29) is 0 Å². The third kappa shape index (κ3) is 2.17. The Morgan fingerprint density at radius 3 is 2.89 bits per heavy atom. The zero-order valence-electron chi connectivity index (χ0n) is 10.4. The van der Waals surface area contributed by atoms with Crippen molar-refractivity contribution in [1.82, 2.24) is 14.5 Å². The zero-order valence-corrected chi connectivity index (χ0v) is 11.2. The van der Waals surface area contributed by atoms with Crippen molar-refractivity contribution in [2.24, 2.45) is 5.92 Å². The van der Waals surface area contributed by atoms with Gasteiger partial charge in [-0.3, -0.25) is 0 Å². The van der Waals surface area contributed by atoms with Crippen LogP contribution >= 0.6 is 11.6 Å². The van der Waals surface area contributed by atoms with E-state index in [2.05, 4.69) is 14.5 Å². The number of hydrogen-bond acceptors (Lipinski definition) is 3. The molecule has 2 aromatic heterocycles. The number of pyridine rings is 1. The molecule has 96 valence electrons. The molecule has 0 aromatic carbocycles. The van der Waals surface area contributed by atoms with Crippen LogP contribution in [0.5, 0.6) is 5.88 Å². The first-order valence-corrected chi connectivity index (χ1v) is 6.81. The summed E-state index contributed by atoms with van der Waals surface area (Å²) in [6.45, 7) is 0.948. The molecule has 0 unspecified atom stereocenters. The summed E-state index contributed by atoms with van der Waals surface area (Å²) in [4.78, 5) is 9.00. The van der Waals surface area contributed by atoms with E-state index in [0.717, 1.165) is 29.5 Å². The number of aryl methyl sites for hydroxylation is 1. The molecule has 0 amide bonds. The molecule has 1 saturated carbocycles. The fraction of sp³-hybridized carbons (Fsp3) is 0.538. The summed E-state index contributed by atoms with van der Waals surface area (Å²) in [5.41, 5.74) is 1.77. The summed E-state index contributed by atoms with van der Waals surface area (Å²) >= 11 is 5.97. The number of nitrogens with zero attached hydrogens (tertiary/aromatic N) is 3. The number of aromatic nitrogens is 3. The van der Waals surface area contributed by atoms with Crippen LogP contribution in [0.25, 0.3) is 11.2 Å². The number of halogens is 1. The first-order valence-electron chi connectivity index (χ1n) is 6.28. The highest BCUT2D eigenvalue weighted by molar-refractivity contribution is 6.16. The molecule has 3 rings (SSSR count). The van der Waals surface area contributed by atoms with Gasteiger partial charge < -0.3 is 9.30 Å². The van der Waals surface area contributed by atoms with Crippen LogP contribution in [0.2, 0.25) is 0 Å². The maximum atomic E-state index is 5.97. The van der Waals surface area contributed by atoms with Crippen LogP contribution in [-0.2, 0) is 12.4 Å². The second-order valence-corrected chi connectivity index (χ2v) is 5.01. The van der Waals surface area contributed by atoms with Crippen molar-refractivity contribution in [1.29, 1.82) is 0 Å². The molecule has 5 heteroatoms. The molecule has 4 nitrogen and oxygen atoms in total. The summed E-state index contributed by atoms with van der Waals surface area (Å²) in [7, 11) is 1.63. The van der Waals surface area contributed by atoms with Gasteiger partial charge in [0.1, 0.15) is 11.3 Å². The lowest BCUT2D eigenvalue weighted by Gasteiger charge is -2.06. The minimum Gasteiger partial charge on any atom is -0.481 e. The molecule has 0 aliphatic heterocycles. The van der Waals surface area contributed by atoms with Gasteiger partial charge in [0.2, 0.25) is 5.88 Å². The summed E-state index contributed by atoms with van der Waals surface area (Å²) in [6, 6.07) is 3.77. The molecule has 2 heterocycles. The minimum atomic E-state index is 0.420. The number of alkyl halides is 1. The SMILES string of the molecule is COc1ccc2nc(CCl)n(CCC3CC3)c2n1. The van der Waals surface area contributed by atoms with Gasteiger partial charge in [0, 0.05) is 12.6 Å². The highest BCUT2D eigenvalue weighted by Gasteiger charge is 2.22. The maximum Gasteiger partial charge on any atom is 0.215 e. The van der Waals surface area contributed by atoms with Gasteiger partial charge in [0.05, 0.1) is 13.0 Å². The van der Waals surface area contributed by atoms with Crippen LogP contribution in [0, 0.1) is 5.92 Å². The quantitative estimate of drug-likeness (QED) is 0.781. The van der Waals surface area contributed by atoms with Crippen LogP contribution in [0.3, 0.4) is 0 Å². The highest BCUT2D eigenvalue weighted by Crippen LogP contribution is 2.33. The van der Waals surface area contributed by atoms with Gasteiger partial charge in [-0.2, -0.15) is 4.98 Å². The minimum absolute atomic E-state index is 0.420. The smallest absolute Gasteiger partial charge is 0.215 e. The zero-order chi connectivity index (χ0) is 12.5. The lowest BCUT2D eigenvalue weighted by atomic mass is 10.3. The molecule has 0 spiro atoms. The molecule has 0 bridgehead atoms. The number of methoxy groups -OCH3 is 1. The Balaban J connectivity index is 1.99. The summed E-state index contributed by atoms with van der Waals surface area (Å²) < 4.78 is 7.30. The fourth-order valence-corrected chi connectivity index (χ4v) is 2.40. The van der Waals surface area contributed by atoms with Gasteiger partial charge >= 0.3 is 0 Å². The van der Waals surface area contributed by atoms with Crippen LogP contribution in [0.15, 0.2) is 12.1 Å². The normalized spacial score (nSPS) is 15.2. The van der Waals surface area contributed by atoms with Crippen molar-refractivity contribution in [2.45, 2.75) is 31.7 Å². The Morgan fingerprint density at radius 2 is 2.22 bits per heavy atom. The van der Waals surface area contributed by atoms with Gasteiger partial charge in [0.15, 0.2) is 5.65 Å². The van der Waals surface area contributed by atoms with Gasteiger partial charge in [-0.05, 0) is 18.4 Å². The topological polar surface area (TPSA) is 39.9 Å². The third-order valence-corrected chi connectivity index (χ3v) is 3.67. The predicted molar refractivity (Wildman–Crippen MR) is 71.0 cm³/mol. The van der Waals surface area contributed by atoms with Crippen molar-refractivity contribution < 1.29 is 4.74 Å². The number of rotatable bonds is 5. The largest absolute Gasteiger partial charge is 0.481 e. The van der Waals surface area contributed by atoms with E-state index in [1.54, 1.807) is 7.11 Å². The lowest BCUT2D eigenvalue weighted by molar-refractivity contribution is 0.398. The van der Waals surface area contributed by atoms with Crippen molar-refractivity contribution in [3.05, 3.63) is 18.0 Å². The van der Waals surface area contributed by atoms with Crippen LogP contribution in [0.4, 0.5) is 0 Å². The molecule has 18 heavy (non-hydrogen) atoms. The van der Waals surface area contributed by atoms with Gasteiger partial charge in [-0.25, -0.2) is 4.98 Å². The van der Waals surface area contributed by atoms with Crippen LogP contribution in [0.1, 0.15) is 25.1 Å². The molecule has 2 aromatic rings. The second-order valence-electron chi connectivity index (χ2n) is 4.74. The van der Waals surface area contributed by atoms with E-state index in [4.69, 9.17) is 16.3 Å². The molecule has 0 saturated heterocycles. The van der Waals surface area contributed by atoms with E-state index in [1.807, 2.05) is 12.1 Å². The van der Waals surface area contributed by atoms with E-state index in [9.17, 15) is 0 Å². The number of imidazole rings is 1. The van der Waals surface area contributed by atoms with Crippen molar-refractivity contribution >= 4 is 22.8 Å². The molecule has 0 N–H and O–H groups in total. The number of hydrogen-bond donors (Lipinski definition) is 0. The Hall–Kier alpha value is -1.29. The monoisotopic (exact) mass is 265 g/mol. The standard InChI is InChI=1S/C13H16ClN3O/c1-18-12-5-4-10-13(16-12)17(11(8-14)15-10)7-6-9-2-3-9/h4-5,9H,2-3,6-8H2,1H3. The first kappa shape index (κ1) is 11.8. The van der Waals surface area contributed by atoms with Gasteiger partial charge in [0.25, 0.3) is 0 Å². The molecule has 0 radical (unpaired) electrons. The molecule has 1 aliphatic carbocycles. The second kappa shape index (κ2) is 4.76. The van der Waals surface area contributed by atoms with Crippen molar-refractivity contribution in [2.75, 3.05) is 7.11 Å². The first-order chi connectivity index (χ1) is 8.81. The number of fused-ring (bicyclic) bond motifs is 1. The van der Waals surface area contributed by atoms with E-state index in [1.165, 1.54) is 19.3 Å². The average molecular weight is 266 g/mol. The van der Waals surface area contributed by atoms with E-state index in [0.29, 0.717) is 11.8 Å². The predicted octanol–water partition coefficient (Wildman–Crippen LogP) is 2.98. The fourth-order valence-electron chi connectivity index (χ4n) is 2.20.